The van der Waals surface area contributed by atoms with Crippen molar-refractivity contribution in [1.29, 1.82) is 0 Å². The van der Waals surface area contributed by atoms with Crippen molar-refractivity contribution in [2.45, 2.75) is 13.2 Å². The molecule has 9 heavy (non-hydrogen) atoms. The summed E-state index contributed by atoms with van der Waals surface area (Å²) < 4.78 is 0. The fraction of sp³-hybridized carbons (Fsp3) is 0.667. The molecule has 3 N–H and O–H groups in total. The molecule has 0 aromatic carbocycles. The van der Waals surface area contributed by atoms with Crippen molar-refractivity contribution >= 4 is 5.95 Å². The first-order chi connectivity index (χ1) is 4.29. The molecule has 0 aliphatic rings. The van der Waals surface area contributed by atoms with Gasteiger partial charge < -0.3 is 10.4 Å². The van der Waals surface area contributed by atoms with E-state index in [1.165, 1.54) is 0 Å². The van der Waals surface area contributed by atoms with Crippen LogP contribution in [0.5, 0.6) is 0 Å². The minimum atomic E-state index is -0.639. The van der Waals surface area contributed by atoms with Gasteiger partial charge in [-0.25, -0.2) is 5.10 Å². The largest absolute Gasteiger partial charge is 0.374 e. The average Bonchev–Trinajstić information content (AvgIpc) is 2.15. The molecule has 6 heteroatoms. The smallest absolute Gasteiger partial charge is 0.242 e. The first-order valence-corrected chi connectivity index (χ1v) is 2.47. The molecule has 0 bridgehead atoms. The predicted octanol–water partition coefficient (Wildman–Crippen LogP) is -1.05. The summed E-state index contributed by atoms with van der Waals surface area (Å²) in [6.45, 7) is 1.57. The lowest BCUT2D eigenvalue weighted by molar-refractivity contribution is 0.223. The Morgan fingerprint density at radius 1 is 1.78 bits per heavy atom. The zero-order valence-corrected chi connectivity index (χ0v) is 4.87. The number of rotatable bonds is 2. The van der Waals surface area contributed by atoms with Gasteiger partial charge in [0.25, 0.3) is 0 Å². The second-order valence-corrected chi connectivity index (χ2v) is 1.57. The second-order valence-electron chi connectivity index (χ2n) is 1.57. The van der Waals surface area contributed by atoms with Gasteiger partial charge in [0.05, 0.1) is 0 Å². The molecule has 1 aromatic rings. The van der Waals surface area contributed by atoms with Gasteiger partial charge in [-0.3, -0.25) is 0 Å². The van der Waals surface area contributed by atoms with E-state index in [-0.39, 0.29) is 0 Å². The van der Waals surface area contributed by atoms with Crippen LogP contribution in [-0.4, -0.2) is 32.0 Å². The van der Waals surface area contributed by atoms with Crippen LogP contribution in [0.2, 0.25) is 0 Å². The number of aliphatic hydroxyl groups excluding tert-OH is 1. The Balaban J connectivity index is 2.48. The molecule has 0 saturated carbocycles. The van der Waals surface area contributed by atoms with Crippen molar-refractivity contribution in [3.63, 3.8) is 0 Å². The molecule has 1 aromatic heterocycles. The summed E-state index contributed by atoms with van der Waals surface area (Å²) in [5, 5.41) is 23.7. The third kappa shape index (κ3) is 1.65. The summed E-state index contributed by atoms with van der Waals surface area (Å²) in [6, 6.07) is 0. The standard InChI is InChI=1S/C3H7N5O/c1-2(9)4-3-5-7-8-6-3/h2,9H,1H3,(H2,4,5,6,7,8). The molecule has 1 heterocycles. The van der Waals surface area contributed by atoms with Crippen LogP contribution in [0, 0.1) is 0 Å². The van der Waals surface area contributed by atoms with Gasteiger partial charge in [-0.15, -0.1) is 0 Å². The molecule has 0 aliphatic heterocycles. The van der Waals surface area contributed by atoms with E-state index < -0.39 is 6.23 Å². The van der Waals surface area contributed by atoms with Crippen LogP contribution < -0.4 is 5.32 Å². The van der Waals surface area contributed by atoms with Gasteiger partial charge >= 0.3 is 0 Å². The SMILES string of the molecule is CC(O)Nc1nnn[nH]1. The van der Waals surface area contributed by atoms with E-state index in [9.17, 15) is 0 Å². The van der Waals surface area contributed by atoms with Crippen LogP contribution in [-0.2, 0) is 0 Å². The fourth-order valence-electron chi connectivity index (χ4n) is 0.418. The van der Waals surface area contributed by atoms with Crippen LogP contribution in [0.3, 0.4) is 0 Å². The van der Waals surface area contributed by atoms with Crippen molar-refractivity contribution in [2.75, 3.05) is 5.32 Å². The summed E-state index contributed by atoms with van der Waals surface area (Å²) in [7, 11) is 0. The van der Waals surface area contributed by atoms with Crippen LogP contribution >= 0.6 is 0 Å². The van der Waals surface area contributed by atoms with Crippen LogP contribution in [0.15, 0.2) is 0 Å². The van der Waals surface area contributed by atoms with Gasteiger partial charge in [0, 0.05) is 0 Å². The number of aliphatic hydroxyl groups is 1. The number of nitrogens with one attached hydrogen (secondary N) is 2. The molecule has 1 atom stereocenters. The molecule has 0 saturated heterocycles. The van der Waals surface area contributed by atoms with Crippen molar-refractivity contribution in [3.05, 3.63) is 0 Å². The monoisotopic (exact) mass is 129 g/mol. The number of tetrazole rings is 1. The molecule has 0 aliphatic carbocycles. The Kier molecular flexibility index (Phi) is 1.59. The first kappa shape index (κ1) is 5.96. The fourth-order valence-corrected chi connectivity index (χ4v) is 0.418. The minimum Gasteiger partial charge on any atom is -0.374 e. The lowest BCUT2D eigenvalue weighted by Gasteiger charge is -2.01. The molecule has 1 unspecified atom stereocenters. The summed E-state index contributed by atoms with van der Waals surface area (Å²) in [5.74, 6) is 0.366. The highest BCUT2D eigenvalue weighted by Crippen LogP contribution is 1.90. The van der Waals surface area contributed by atoms with E-state index in [0.717, 1.165) is 0 Å². The quantitative estimate of drug-likeness (QED) is 0.443. The second kappa shape index (κ2) is 2.40. The maximum Gasteiger partial charge on any atom is 0.242 e. The Hall–Kier alpha value is -1.17. The zero-order valence-electron chi connectivity index (χ0n) is 4.87. The maximum absolute atomic E-state index is 8.70. The van der Waals surface area contributed by atoms with Crippen molar-refractivity contribution < 1.29 is 5.11 Å². The van der Waals surface area contributed by atoms with Gasteiger partial charge in [0.1, 0.15) is 6.23 Å². The van der Waals surface area contributed by atoms with Crippen molar-refractivity contribution in [2.24, 2.45) is 0 Å². The Bertz CT molecular complexity index is 159. The topological polar surface area (TPSA) is 86.7 Å². The van der Waals surface area contributed by atoms with E-state index in [1.54, 1.807) is 6.92 Å². The third-order valence-electron chi connectivity index (χ3n) is 0.691. The highest BCUT2D eigenvalue weighted by atomic mass is 16.3. The summed E-state index contributed by atoms with van der Waals surface area (Å²) in [5.41, 5.74) is 0. The Labute approximate surface area is 51.3 Å². The van der Waals surface area contributed by atoms with Crippen LogP contribution in [0.25, 0.3) is 0 Å². The number of aromatic amines is 1. The Morgan fingerprint density at radius 3 is 3.00 bits per heavy atom. The lowest BCUT2D eigenvalue weighted by Crippen LogP contribution is -2.14. The van der Waals surface area contributed by atoms with Gasteiger partial charge in [0.15, 0.2) is 0 Å². The molecule has 0 fully saturated rings. The van der Waals surface area contributed by atoms with Crippen molar-refractivity contribution in [3.8, 4) is 0 Å². The summed E-state index contributed by atoms with van der Waals surface area (Å²) in [4.78, 5) is 0. The molecule has 1 rings (SSSR count). The Morgan fingerprint density at radius 2 is 2.56 bits per heavy atom. The average molecular weight is 129 g/mol. The van der Waals surface area contributed by atoms with E-state index in [0.29, 0.717) is 5.95 Å². The van der Waals surface area contributed by atoms with Crippen LogP contribution in [0.4, 0.5) is 5.95 Å². The van der Waals surface area contributed by atoms with Crippen molar-refractivity contribution in [1.82, 2.24) is 20.6 Å². The lowest BCUT2D eigenvalue weighted by atomic mass is 10.7. The van der Waals surface area contributed by atoms with Gasteiger partial charge in [-0.05, 0) is 17.4 Å². The summed E-state index contributed by atoms with van der Waals surface area (Å²) >= 11 is 0. The molecule has 0 radical (unpaired) electrons. The molecule has 6 nitrogen and oxygen atoms in total. The number of nitrogens with zero attached hydrogens (tertiary/aromatic N) is 3. The van der Waals surface area contributed by atoms with E-state index >= 15 is 0 Å². The zero-order chi connectivity index (χ0) is 6.69. The summed E-state index contributed by atoms with van der Waals surface area (Å²) in [6.07, 6.45) is -0.639. The van der Waals surface area contributed by atoms with Gasteiger partial charge in [-0.2, -0.15) is 0 Å². The molecule has 0 spiro atoms. The normalized spacial score (nSPS) is 13.1. The number of H-pyrrole nitrogens is 1. The minimum absolute atomic E-state index is 0.366. The highest BCUT2D eigenvalue weighted by molar-refractivity contribution is 5.18. The molecule has 0 amide bonds. The maximum atomic E-state index is 8.70. The molecular weight excluding hydrogens is 122 g/mol. The highest BCUT2D eigenvalue weighted by Gasteiger charge is 1.96. The third-order valence-corrected chi connectivity index (χ3v) is 0.691. The number of aromatic nitrogens is 4. The molecular formula is C3H7N5O. The number of anilines is 1. The molecule has 50 valence electrons. The van der Waals surface area contributed by atoms with Gasteiger partial charge in [0.2, 0.25) is 5.95 Å². The predicted molar refractivity (Wildman–Crippen MR) is 29.5 cm³/mol. The number of hydrogen-bond donors (Lipinski definition) is 3. The van der Waals surface area contributed by atoms with E-state index in [4.69, 9.17) is 5.11 Å². The first-order valence-electron chi connectivity index (χ1n) is 2.47. The van der Waals surface area contributed by atoms with E-state index in [2.05, 4.69) is 25.9 Å². The van der Waals surface area contributed by atoms with Gasteiger partial charge in [-0.1, -0.05) is 5.10 Å². The number of hydrogen-bond acceptors (Lipinski definition) is 5. The van der Waals surface area contributed by atoms with E-state index in [1.807, 2.05) is 0 Å². The van der Waals surface area contributed by atoms with Crippen LogP contribution in [0.1, 0.15) is 6.92 Å².